The molecular formula is C12H13FN4O2. The highest BCUT2D eigenvalue weighted by atomic mass is 19.1. The molecule has 7 heteroatoms. The molecule has 1 heterocycles. The summed E-state index contributed by atoms with van der Waals surface area (Å²) >= 11 is 0. The molecule has 1 aromatic carbocycles. The first-order chi connectivity index (χ1) is 9.20. The second-order valence-corrected chi connectivity index (χ2v) is 3.90. The van der Waals surface area contributed by atoms with Crippen LogP contribution in [0.15, 0.2) is 24.3 Å². The van der Waals surface area contributed by atoms with E-state index in [1.807, 2.05) is 6.92 Å². The highest BCUT2D eigenvalue weighted by molar-refractivity contribution is 5.89. The van der Waals surface area contributed by atoms with E-state index in [0.29, 0.717) is 12.4 Å². The Morgan fingerprint density at radius 2 is 2.32 bits per heavy atom. The number of halogens is 1. The Morgan fingerprint density at radius 3 is 3.05 bits per heavy atom. The fourth-order valence-corrected chi connectivity index (χ4v) is 1.54. The van der Waals surface area contributed by atoms with E-state index in [0.717, 1.165) is 12.5 Å². The van der Waals surface area contributed by atoms with Gasteiger partial charge in [-0.1, -0.05) is 13.0 Å². The summed E-state index contributed by atoms with van der Waals surface area (Å²) in [6.07, 6.45) is 0.871. The Kier molecular flexibility index (Phi) is 4.17. The van der Waals surface area contributed by atoms with E-state index < -0.39 is 11.8 Å². The lowest BCUT2D eigenvalue weighted by molar-refractivity contribution is 0.0456. The first kappa shape index (κ1) is 13.1. The summed E-state index contributed by atoms with van der Waals surface area (Å²) < 4.78 is 19.6. The third-order valence-corrected chi connectivity index (χ3v) is 2.43. The van der Waals surface area contributed by atoms with Crippen molar-refractivity contribution < 1.29 is 13.9 Å². The molecule has 19 heavy (non-hydrogen) atoms. The molecule has 0 atom stereocenters. The minimum Gasteiger partial charge on any atom is -0.454 e. The Hall–Kier alpha value is -2.31. The molecule has 0 saturated carbocycles. The van der Waals surface area contributed by atoms with Crippen LogP contribution in [0.3, 0.4) is 0 Å². The van der Waals surface area contributed by atoms with Crippen LogP contribution in [0.4, 0.5) is 4.39 Å². The monoisotopic (exact) mass is 264 g/mol. The smallest absolute Gasteiger partial charge is 0.338 e. The summed E-state index contributed by atoms with van der Waals surface area (Å²) in [5.74, 6) is -0.623. The molecule has 0 unspecified atom stereocenters. The molecule has 0 bridgehead atoms. The highest BCUT2D eigenvalue weighted by Crippen LogP contribution is 2.07. The molecule has 1 aromatic heterocycles. The maximum atomic E-state index is 13.0. The van der Waals surface area contributed by atoms with Gasteiger partial charge in [0.05, 0.1) is 5.56 Å². The van der Waals surface area contributed by atoms with Crippen molar-refractivity contribution in [1.29, 1.82) is 0 Å². The molecule has 6 nitrogen and oxygen atoms in total. The molecule has 100 valence electrons. The van der Waals surface area contributed by atoms with Gasteiger partial charge in [-0.15, -0.1) is 5.10 Å². The van der Waals surface area contributed by atoms with Gasteiger partial charge in [-0.3, -0.25) is 0 Å². The van der Waals surface area contributed by atoms with E-state index >= 15 is 0 Å². The number of ether oxygens (including phenoxy) is 1. The molecular weight excluding hydrogens is 251 g/mol. The quantitative estimate of drug-likeness (QED) is 0.767. The van der Waals surface area contributed by atoms with Crippen LogP contribution in [-0.2, 0) is 17.9 Å². The van der Waals surface area contributed by atoms with Crippen LogP contribution >= 0.6 is 0 Å². The molecule has 0 radical (unpaired) electrons. The SMILES string of the molecule is CCCn1nnnc1COC(=O)c1cccc(F)c1. The highest BCUT2D eigenvalue weighted by Gasteiger charge is 2.11. The molecule has 0 amide bonds. The van der Waals surface area contributed by atoms with Crippen LogP contribution in [0, 0.1) is 5.82 Å². The number of benzene rings is 1. The van der Waals surface area contributed by atoms with E-state index in [-0.39, 0.29) is 12.2 Å². The average Bonchev–Trinajstić information content (AvgIpc) is 2.84. The van der Waals surface area contributed by atoms with Gasteiger partial charge >= 0.3 is 5.97 Å². The van der Waals surface area contributed by atoms with Crippen LogP contribution in [0.1, 0.15) is 29.5 Å². The first-order valence-electron chi connectivity index (χ1n) is 5.88. The topological polar surface area (TPSA) is 69.9 Å². The second kappa shape index (κ2) is 6.03. The van der Waals surface area contributed by atoms with Gasteiger partial charge in [-0.25, -0.2) is 13.9 Å². The molecule has 0 fully saturated rings. The third kappa shape index (κ3) is 3.34. The largest absolute Gasteiger partial charge is 0.454 e. The summed E-state index contributed by atoms with van der Waals surface area (Å²) in [6.45, 7) is 2.60. The minimum atomic E-state index is -0.606. The fraction of sp³-hybridized carbons (Fsp3) is 0.333. The Balaban J connectivity index is 1.98. The number of hydrogen-bond acceptors (Lipinski definition) is 5. The number of carbonyl (C=O) groups excluding carboxylic acids is 1. The van der Waals surface area contributed by atoms with Gasteiger partial charge in [-0.2, -0.15) is 0 Å². The molecule has 2 aromatic rings. The number of aryl methyl sites for hydroxylation is 1. The summed E-state index contributed by atoms with van der Waals surface area (Å²) in [7, 11) is 0. The first-order valence-corrected chi connectivity index (χ1v) is 5.88. The standard InChI is InChI=1S/C12H13FN4O2/c1-2-6-17-11(14-15-16-17)8-19-12(18)9-4-3-5-10(13)7-9/h3-5,7H,2,6,8H2,1H3. The molecule has 2 rings (SSSR count). The Labute approximate surface area is 109 Å². The van der Waals surface area contributed by atoms with Crippen LogP contribution in [0.25, 0.3) is 0 Å². The van der Waals surface area contributed by atoms with E-state index in [4.69, 9.17) is 4.74 Å². The number of aromatic nitrogens is 4. The van der Waals surface area contributed by atoms with Crippen LogP contribution < -0.4 is 0 Å². The number of esters is 1. The molecule has 0 spiro atoms. The lowest BCUT2D eigenvalue weighted by Crippen LogP contribution is -2.11. The van der Waals surface area contributed by atoms with Gasteiger partial charge in [0.2, 0.25) is 0 Å². The number of hydrogen-bond donors (Lipinski definition) is 0. The van der Waals surface area contributed by atoms with Gasteiger partial charge in [-0.05, 0) is 35.0 Å². The van der Waals surface area contributed by atoms with Crippen molar-refractivity contribution in [3.05, 3.63) is 41.5 Å². The summed E-state index contributed by atoms with van der Waals surface area (Å²) in [5, 5.41) is 11.1. The van der Waals surface area contributed by atoms with E-state index in [9.17, 15) is 9.18 Å². The van der Waals surface area contributed by atoms with Gasteiger partial charge in [0.15, 0.2) is 12.4 Å². The molecule has 0 aliphatic rings. The molecule has 0 aliphatic heterocycles. The maximum absolute atomic E-state index is 13.0. The van der Waals surface area contributed by atoms with Crippen LogP contribution in [-0.4, -0.2) is 26.2 Å². The van der Waals surface area contributed by atoms with Crippen molar-refractivity contribution in [3.63, 3.8) is 0 Å². The zero-order chi connectivity index (χ0) is 13.7. The Bertz CT molecular complexity index is 570. The van der Waals surface area contributed by atoms with E-state index in [2.05, 4.69) is 15.5 Å². The summed E-state index contributed by atoms with van der Waals surface area (Å²) in [6, 6.07) is 5.32. The van der Waals surface area contributed by atoms with Crippen molar-refractivity contribution in [2.75, 3.05) is 0 Å². The summed E-state index contributed by atoms with van der Waals surface area (Å²) in [4.78, 5) is 11.7. The number of rotatable bonds is 5. The van der Waals surface area contributed by atoms with Gasteiger partial charge < -0.3 is 4.74 Å². The van der Waals surface area contributed by atoms with E-state index in [1.54, 1.807) is 4.68 Å². The zero-order valence-electron chi connectivity index (χ0n) is 10.4. The number of nitrogens with zero attached hydrogens (tertiary/aromatic N) is 4. The minimum absolute atomic E-state index is 0.0393. The lowest BCUT2D eigenvalue weighted by atomic mass is 10.2. The zero-order valence-corrected chi connectivity index (χ0v) is 10.4. The van der Waals surface area contributed by atoms with Crippen molar-refractivity contribution >= 4 is 5.97 Å². The molecule has 0 saturated heterocycles. The maximum Gasteiger partial charge on any atom is 0.338 e. The second-order valence-electron chi connectivity index (χ2n) is 3.90. The Morgan fingerprint density at radius 1 is 1.47 bits per heavy atom. The van der Waals surface area contributed by atoms with Crippen molar-refractivity contribution in [3.8, 4) is 0 Å². The van der Waals surface area contributed by atoms with E-state index in [1.165, 1.54) is 18.2 Å². The molecule has 0 aliphatic carbocycles. The summed E-state index contributed by atoms with van der Waals surface area (Å²) in [5.41, 5.74) is 0.162. The van der Waals surface area contributed by atoms with Crippen molar-refractivity contribution in [2.24, 2.45) is 0 Å². The molecule has 0 N–H and O–H groups in total. The predicted molar refractivity (Wildman–Crippen MR) is 63.6 cm³/mol. The predicted octanol–water partition coefficient (Wildman–Crippen LogP) is 1.58. The number of tetrazole rings is 1. The van der Waals surface area contributed by atoms with Gasteiger partial charge in [0, 0.05) is 6.54 Å². The average molecular weight is 264 g/mol. The number of carbonyl (C=O) groups is 1. The van der Waals surface area contributed by atoms with Crippen molar-refractivity contribution in [2.45, 2.75) is 26.5 Å². The normalized spacial score (nSPS) is 10.4. The third-order valence-electron chi connectivity index (χ3n) is 2.43. The van der Waals surface area contributed by atoms with Gasteiger partial charge in [0.25, 0.3) is 0 Å². The van der Waals surface area contributed by atoms with Gasteiger partial charge in [0.1, 0.15) is 5.82 Å². The van der Waals surface area contributed by atoms with Crippen LogP contribution in [0.5, 0.6) is 0 Å². The lowest BCUT2D eigenvalue weighted by Gasteiger charge is -2.05. The van der Waals surface area contributed by atoms with Crippen LogP contribution in [0.2, 0.25) is 0 Å². The fourth-order valence-electron chi connectivity index (χ4n) is 1.54. The van der Waals surface area contributed by atoms with Crippen molar-refractivity contribution in [1.82, 2.24) is 20.2 Å².